The van der Waals surface area contributed by atoms with Gasteiger partial charge in [-0.15, -0.1) is 0 Å². The van der Waals surface area contributed by atoms with Gasteiger partial charge in [-0.25, -0.2) is 4.79 Å². The fourth-order valence-electron chi connectivity index (χ4n) is 2.94. The van der Waals surface area contributed by atoms with E-state index in [1.807, 2.05) is 18.2 Å². The summed E-state index contributed by atoms with van der Waals surface area (Å²) in [4.78, 5) is 11.5. The molecule has 0 saturated heterocycles. The Labute approximate surface area is 167 Å². The third kappa shape index (κ3) is 6.86. The number of hydrogen-bond acceptors (Lipinski definition) is 4. The van der Waals surface area contributed by atoms with Crippen molar-refractivity contribution in [1.82, 2.24) is 0 Å². The molecule has 0 aliphatic carbocycles. The lowest BCUT2D eigenvalue weighted by Gasteiger charge is -2.13. The largest absolute Gasteiger partial charge is 0.491 e. The minimum Gasteiger partial charge on any atom is -0.491 e. The normalized spacial score (nSPS) is 11.0. The van der Waals surface area contributed by atoms with Crippen molar-refractivity contribution >= 4 is 12.0 Å². The number of ether oxygens (including phenoxy) is 2. The highest BCUT2D eigenvalue weighted by Gasteiger charge is 2.08. The number of unbranched alkanes of at least 4 members (excludes halogenated alkanes) is 2. The number of aliphatic hydroxyl groups excluding tert-OH is 1. The van der Waals surface area contributed by atoms with E-state index in [-0.39, 0.29) is 19.2 Å². The number of carbonyl (C=O) groups is 1. The van der Waals surface area contributed by atoms with E-state index in [1.54, 1.807) is 13.0 Å². The van der Waals surface area contributed by atoms with Crippen molar-refractivity contribution in [3.8, 4) is 16.9 Å². The molecule has 2 rings (SSSR count). The first-order chi connectivity index (χ1) is 13.7. The minimum absolute atomic E-state index is 0.0568. The van der Waals surface area contributed by atoms with Gasteiger partial charge >= 0.3 is 5.97 Å². The van der Waals surface area contributed by atoms with Crippen molar-refractivity contribution in [1.29, 1.82) is 0 Å². The zero-order chi connectivity index (χ0) is 20.2. The molecule has 2 aromatic carbocycles. The fourth-order valence-corrected chi connectivity index (χ4v) is 2.94. The molecule has 0 heterocycles. The number of benzene rings is 2. The van der Waals surface area contributed by atoms with Gasteiger partial charge in [-0.1, -0.05) is 56.2 Å². The van der Waals surface area contributed by atoms with Crippen LogP contribution in [0.2, 0.25) is 0 Å². The number of aliphatic hydroxyl groups is 1. The molecule has 28 heavy (non-hydrogen) atoms. The van der Waals surface area contributed by atoms with Crippen LogP contribution in [0.1, 0.15) is 44.2 Å². The summed E-state index contributed by atoms with van der Waals surface area (Å²) in [6, 6.07) is 14.3. The summed E-state index contributed by atoms with van der Waals surface area (Å²) in [5.41, 5.74) is 4.19. The summed E-state index contributed by atoms with van der Waals surface area (Å²) in [6.07, 6.45) is 7.88. The van der Waals surface area contributed by atoms with Gasteiger partial charge in [0.1, 0.15) is 12.4 Å². The Hall–Kier alpha value is -2.59. The van der Waals surface area contributed by atoms with Crippen LogP contribution in [0, 0.1) is 0 Å². The molecule has 4 heteroatoms. The Morgan fingerprint density at radius 2 is 1.86 bits per heavy atom. The van der Waals surface area contributed by atoms with Crippen LogP contribution < -0.4 is 4.74 Å². The van der Waals surface area contributed by atoms with E-state index in [4.69, 9.17) is 14.6 Å². The van der Waals surface area contributed by atoms with Crippen molar-refractivity contribution in [2.24, 2.45) is 0 Å². The molecule has 0 radical (unpaired) electrons. The molecule has 0 atom stereocenters. The van der Waals surface area contributed by atoms with Gasteiger partial charge in [-0.05, 0) is 48.6 Å². The first-order valence-electron chi connectivity index (χ1n) is 9.99. The SMILES string of the molecule is CCCCCc1ccc(-c2ccc(/C=C/C(=O)OCC)cc2OCCO)cc1. The highest BCUT2D eigenvalue weighted by Crippen LogP contribution is 2.32. The van der Waals surface area contributed by atoms with Gasteiger partial charge in [-0.2, -0.15) is 0 Å². The van der Waals surface area contributed by atoms with Crippen LogP contribution in [0.5, 0.6) is 5.75 Å². The van der Waals surface area contributed by atoms with E-state index in [9.17, 15) is 4.79 Å². The van der Waals surface area contributed by atoms with Gasteiger partial charge in [0.15, 0.2) is 0 Å². The molecule has 0 amide bonds. The topological polar surface area (TPSA) is 55.8 Å². The molecule has 2 aromatic rings. The van der Waals surface area contributed by atoms with Crippen LogP contribution in [-0.4, -0.2) is 30.9 Å². The van der Waals surface area contributed by atoms with Gasteiger partial charge in [0.2, 0.25) is 0 Å². The maximum atomic E-state index is 11.5. The third-order valence-electron chi connectivity index (χ3n) is 4.39. The van der Waals surface area contributed by atoms with Crippen molar-refractivity contribution in [2.45, 2.75) is 39.5 Å². The van der Waals surface area contributed by atoms with E-state index in [2.05, 4.69) is 31.2 Å². The summed E-state index contributed by atoms with van der Waals surface area (Å²) in [5.74, 6) is 0.307. The van der Waals surface area contributed by atoms with Crippen LogP contribution in [0.15, 0.2) is 48.5 Å². The van der Waals surface area contributed by atoms with Crippen LogP contribution in [-0.2, 0) is 16.0 Å². The number of rotatable bonds is 11. The number of esters is 1. The van der Waals surface area contributed by atoms with E-state index >= 15 is 0 Å². The second-order valence-electron chi connectivity index (χ2n) is 6.57. The van der Waals surface area contributed by atoms with Gasteiger partial charge in [0.05, 0.1) is 13.2 Å². The molecule has 0 bridgehead atoms. The fraction of sp³-hybridized carbons (Fsp3) is 0.375. The van der Waals surface area contributed by atoms with Gasteiger partial charge < -0.3 is 14.6 Å². The Bertz CT molecular complexity index is 763. The van der Waals surface area contributed by atoms with Crippen LogP contribution >= 0.6 is 0 Å². The predicted octanol–water partition coefficient (Wildman–Crippen LogP) is 5.03. The molecule has 150 valence electrons. The lowest BCUT2D eigenvalue weighted by atomic mass is 9.99. The van der Waals surface area contributed by atoms with Crippen molar-refractivity contribution < 1.29 is 19.4 Å². The maximum absolute atomic E-state index is 11.5. The van der Waals surface area contributed by atoms with Gasteiger partial charge in [-0.3, -0.25) is 0 Å². The molecular weight excluding hydrogens is 352 g/mol. The zero-order valence-electron chi connectivity index (χ0n) is 16.8. The van der Waals surface area contributed by atoms with Crippen LogP contribution in [0.3, 0.4) is 0 Å². The molecule has 4 nitrogen and oxygen atoms in total. The summed E-state index contributed by atoms with van der Waals surface area (Å²) in [5, 5.41) is 9.13. The second kappa shape index (κ2) is 12.0. The average molecular weight is 383 g/mol. The quantitative estimate of drug-likeness (QED) is 0.336. The molecule has 0 spiro atoms. The second-order valence-corrected chi connectivity index (χ2v) is 6.57. The van der Waals surface area contributed by atoms with Gasteiger partial charge in [0, 0.05) is 11.6 Å². The highest BCUT2D eigenvalue weighted by molar-refractivity contribution is 5.87. The molecule has 0 fully saturated rings. The van der Waals surface area contributed by atoms with Crippen molar-refractivity contribution in [3.05, 3.63) is 59.7 Å². The van der Waals surface area contributed by atoms with E-state index < -0.39 is 0 Å². The van der Waals surface area contributed by atoms with Crippen molar-refractivity contribution in [3.63, 3.8) is 0 Å². The summed E-state index contributed by atoms with van der Waals surface area (Å²) >= 11 is 0. The maximum Gasteiger partial charge on any atom is 0.330 e. The minimum atomic E-state index is -0.372. The molecule has 0 aliphatic heterocycles. The Balaban J connectivity index is 2.21. The lowest BCUT2D eigenvalue weighted by molar-refractivity contribution is -0.137. The third-order valence-corrected chi connectivity index (χ3v) is 4.39. The highest BCUT2D eigenvalue weighted by atomic mass is 16.5. The van der Waals surface area contributed by atoms with E-state index in [0.717, 1.165) is 23.1 Å². The summed E-state index contributed by atoms with van der Waals surface area (Å²) in [7, 11) is 0. The van der Waals surface area contributed by atoms with Crippen LogP contribution in [0.4, 0.5) is 0 Å². The smallest absolute Gasteiger partial charge is 0.330 e. The number of hydrogen-bond donors (Lipinski definition) is 1. The van der Waals surface area contributed by atoms with Crippen LogP contribution in [0.25, 0.3) is 17.2 Å². The van der Waals surface area contributed by atoms with E-state index in [0.29, 0.717) is 12.4 Å². The Morgan fingerprint density at radius 3 is 2.54 bits per heavy atom. The average Bonchev–Trinajstić information content (AvgIpc) is 2.72. The predicted molar refractivity (Wildman–Crippen MR) is 113 cm³/mol. The molecular formula is C24H30O4. The zero-order valence-corrected chi connectivity index (χ0v) is 16.8. The molecule has 0 saturated carbocycles. The number of aryl methyl sites for hydroxylation is 1. The monoisotopic (exact) mass is 382 g/mol. The van der Waals surface area contributed by atoms with Gasteiger partial charge in [0.25, 0.3) is 0 Å². The lowest BCUT2D eigenvalue weighted by Crippen LogP contribution is -2.03. The first-order valence-corrected chi connectivity index (χ1v) is 9.99. The summed E-state index contributed by atoms with van der Waals surface area (Å²) in [6.45, 7) is 4.49. The van der Waals surface area contributed by atoms with Crippen molar-refractivity contribution in [2.75, 3.05) is 19.8 Å². The Morgan fingerprint density at radius 1 is 1.07 bits per heavy atom. The molecule has 0 aromatic heterocycles. The molecule has 0 aliphatic rings. The van der Waals surface area contributed by atoms with E-state index in [1.165, 1.54) is 30.9 Å². The first kappa shape index (κ1) is 21.7. The molecule has 0 unspecified atom stereocenters. The molecule has 1 N–H and O–H groups in total. The number of carbonyl (C=O) groups excluding carboxylic acids is 1. The Kier molecular flexibility index (Phi) is 9.29. The summed E-state index contributed by atoms with van der Waals surface area (Å²) < 4.78 is 10.7. The standard InChI is InChI=1S/C24H30O4/c1-3-5-6-7-19-8-12-21(13-9-19)22-14-10-20(11-15-24(26)27-4-2)18-23(22)28-17-16-25/h8-15,18,25H,3-7,16-17H2,1-2H3/b15-11+.